The summed E-state index contributed by atoms with van der Waals surface area (Å²) >= 11 is 0. The Bertz CT molecular complexity index is 433. The van der Waals surface area contributed by atoms with Gasteiger partial charge in [0, 0.05) is 18.7 Å². The van der Waals surface area contributed by atoms with Crippen LogP contribution >= 0.6 is 0 Å². The van der Waals surface area contributed by atoms with Crippen LogP contribution in [-0.2, 0) is 4.79 Å². The largest absolute Gasteiger partial charge is 0.311 e. The van der Waals surface area contributed by atoms with Crippen LogP contribution < -0.4 is 4.90 Å². The van der Waals surface area contributed by atoms with E-state index in [4.69, 9.17) is 5.26 Å². The highest BCUT2D eigenvalue weighted by Gasteiger charge is 2.30. The van der Waals surface area contributed by atoms with Gasteiger partial charge >= 0.3 is 0 Å². The molecule has 1 aliphatic rings. The first-order valence-electron chi connectivity index (χ1n) is 4.98. The van der Waals surface area contributed by atoms with Crippen LogP contribution in [0.15, 0.2) is 24.3 Å². The third-order valence-electron chi connectivity index (χ3n) is 2.71. The first-order chi connectivity index (χ1) is 7.22. The van der Waals surface area contributed by atoms with E-state index in [2.05, 4.69) is 6.07 Å². The summed E-state index contributed by atoms with van der Waals surface area (Å²) < 4.78 is 0. The van der Waals surface area contributed by atoms with Crippen molar-refractivity contribution in [2.24, 2.45) is 5.92 Å². The molecule has 0 bridgehead atoms. The zero-order valence-corrected chi connectivity index (χ0v) is 8.60. The maximum atomic E-state index is 11.7. The summed E-state index contributed by atoms with van der Waals surface area (Å²) in [4.78, 5) is 13.4. The van der Waals surface area contributed by atoms with E-state index >= 15 is 0 Å². The third-order valence-corrected chi connectivity index (χ3v) is 2.71. The number of hydrogen-bond acceptors (Lipinski definition) is 2. The van der Waals surface area contributed by atoms with Gasteiger partial charge in [0.25, 0.3) is 0 Å². The number of benzene rings is 1. The van der Waals surface area contributed by atoms with Crippen molar-refractivity contribution in [3.05, 3.63) is 29.8 Å². The lowest BCUT2D eigenvalue weighted by molar-refractivity contribution is -0.117. The average Bonchev–Trinajstić information content (AvgIpc) is 2.60. The second-order valence-corrected chi connectivity index (χ2v) is 3.82. The van der Waals surface area contributed by atoms with Crippen LogP contribution in [0.5, 0.6) is 0 Å². The van der Waals surface area contributed by atoms with E-state index in [0.29, 0.717) is 13.0 Å². The van der Waals surface area contributed by atoms with E-state index in [9.17, 15) is 4.79 Å². The Labute approximate surface area is 88.9 Å². The van der Waals surface area contributed by atoms with Gasteiger partial charge in [0.05, 0.1) is 12.0 Å². The van der Waals surface area contributed by atoms with Crippen molar-refractivity contribution in [1.82, 2.24) is 0 Å². The molecule has 1 saturated heterocycles. The number of nitrogens with zero attached hydrogens (tertiary/aromatic N) is 2. The molecule has 1 atom stereocenters. The van der Waals surface area contributed by atoms with Gasteiger partial charge in [-0.3, -0.25) is 4.79 Å². The Morgan fingerprint density at radius 1 is 1.47 bits per heavy atom. The van der Waals surface area contributed by atoms with Gasteiger partial charge in [-0.2, -0.15) is 5.26 Å². The van der Waals surface area contributed by atoms with Gasteiger partial charge in [0.2, 0.25) is 5.91 Å². The average molecular weight is 200 g/mol. The highest BCUT2D eigenvalue weighted by molar-refractivity contribution is 5.96. The third kappa shape index (κ3) is 1.71. The van der Waals surface area contributed by atoms with Gasteiger partial charge in [-0.1, -0.05) is 18.2 Å². The number of nitriles is 1. The highest BCUT2D eigenvalue weighted by Crippen LogP contribution is 2.26. The summed E-state index contributed by atoms with van der Waals surface area (Å²) in [5.41, 5.74) is 2.00. The van der Waals surface area contributed by atoms with E-state index < -0.39 is 0 Å². The summed E-state index contributed by atoms with van der Waals surface area (Å²) in [6.45, 7) is 2.50. The number of amides is 1. The van der Waals surface area contributed by atoms with E-state index in [0.717, 1.165) is 11.3 Å². The second-order valence-electron chi connectivity index (χ2n) is 3.82. The zero-order chi connectivity index (χ0) is 10.8. The van der Waals surface area contributed by atoms with Gasteiger partial charge in [0.15, 0.2) is 0 Å². The van der Waals surface area contributed by atoms with Crippen LogP contribution in [0.4, 0.5) is 5.69 Å². The van der Waals surface area contributed by atoms with E-state index in [1.54, 1.807) is 4.90 Å². The van der Waals surface area contributed by atoms with Gasteiger partial charge in [-0.25, -0.2) is 0 Å². The van der Waals surface area contributed by atoms with Gasteiger partial charge in [-0.05, 0) is 18.6 Å². The van der Waals surface area contributed by atoms with Gasteiger partial charge < -0.3 is 4.90 Å². The number of carbonyl (C=O) groups excluding carboxylic acids is 1. The Kier molecular flexibility index (Phi) is 2.42. The normalized spacial score (nSPS) is 20.4. The number of carbonyl (C=O) groups is 1. The molecule has 1 aromatic carbocycles. The maximum Gasteiger partial charge on any atom is 0.228 e. The molecule has 1 unspecified atom stereocenters. The highest BCUT2D eigenvalue weighted by atomic mass is 16.2. The molecule has 76 valence electrons. The molecule has 15 heavy (non-hydrogen) atoms. The summed E-state index contributed by atoms with van der Waals surface area (Å²) in [6.07, 6.45) is 0.352. The number of hydrogen-bond donors (Lipinski definition) is 0. The number of aryl methyl sites for hydroxylation is 1. The molecule has 0 aromatic heterocycles. The van der Waals surface area contributed by atoms with E-state index in [1.165, 1.54) is 0 Å². The Morgan fingerprint density at radius 3 is 2.80 bits per heavy atom. The molecule has 0 saturated carbocycles. The summed E-state index contributed by atoms with van der Waals surface area (Å²) in [5, 5.41) is 8.79. The van der Waals surface area contributed by atoms with Crippen LogP contribution in [-0.4, -0.2) is 12.5 Å². The maximum absolute atomic E-state index is 11.7. The minimum atomic E-state index is -0.155. The van der Waals surface area contributed by atoms with Gasteiger partial charge in [0.1, 0.15) is 0 Å². The van der Waals surface area contributed by atoms with Crippen molar-refractivity contribution in [2.75, 3.05) is 11.4 Å². The van der Waals surface area contributed by atoms with E-state index in [-0.39, 0.29) is 11.8 Å². The van der Waals surface area contributed by atoms with Crippen LogP contribution in [0.1, 0.15) is 12.0 Å². The van der Waals surface area contributed by atoms with Crippen molar-refractivity contribution < 1.29 is 4.79 Å². The molecule has 0 radical (unpaired) electrons. The molecule has 3 heteroatoms. The van der Waals surface area contributed by atoms with Gasteiger partial charge in [-0.15, -0.1) is 0 Å². The monoisotopic (exact) mass is 200 g/mol. The summed E-state index contributed by atoms with van der Waals surface area (Å²) in [7, 11) is 0. The smallest absolute Gasteiger partial charge is 0.228 e. The second kappa shape index (κ2) is 3.74. The molecule has 1 aliphatic heterocycles. The standard InChI is InChI=1S/C12H12N2O/c1-9-4-2-3-5-11(9)14-8-10(7-13)6-12(14)15/h2-5,10H,6,8H2,1H3. The SMILES string of the molecule is Cc1ccccc1N1CC(C#N)CC1=O. The topological polar surface area (TPSA) is 44.1 Å². The minimum absolute atomic E-state index is 0.0517. The molecule has 2 rings (SSSR count). The van der Waals surface area contributed by atoms with Crippen molar-refractivity contribution >= 4 is 11.6 Å². The molecule has 1 amide bonds. The minimum Gasteiger partial charge on any atom is -0.311 e. The van der Waals surface area contributed by atoms with Crippen molar-refractivity contribution in [2.45, 2.75) is 13.3 Å². The lowest BCUT2D eigenvalue weighted by atomic mass is 10.1. The molecule has 0 N–H and O–H groups in total. The number of para-hydroxylation sites is 1. The molecule has 1 heterocycles. The quantitative estimate of drug-likeness (QED) is 0.694. The fourth-order valence-corrected chi connectivity index (χ4v) is 1.89. The molecule has 0 aliphatic carbocycles. The first-order valence-corrected chi connectivity index (χ1v) is 4.98. The molecule has 1 aromatic rings. The zero-order valence-electron chi connectivity index (χ0n) is 8.60. The van der Waals surface area contributed by atoms with E-state index in [1.807, 2.05) is 31.2 Å². The lowest BCUT2D eigenvalue weighted by Gasteiger charge is -2.17. The van der Waals surface area contributed by atoms with Crippen LogP contribution in [0.25, 0.3) is 0 Å². The number of anilines is 1. The molecule has 1 fully saturated rings. The van der Waals surface area contributed by atoms with Crippen molar-refractivity contribution in [1.29, 1.82) is 5.26 Å². The van der Waals surface area contributed by atoms with Crippen LogP contribution in [0, 0.1) is 24.2 Å². The Hall–Kier alpha value is -1.82. The van der Waals surface area contributed by atoms with Crippen LogP contribution in [0.2, 0.25) is 0 Å². The molecule has 0 spiro atoms. The van der Waals surface area contributed by atoms with Crippen molar-refractivity contribution in [3.63, 3.8) is 0 Å². The Morgan fingerprint density at radius 2 is 2.20 bits per heavy atom. The predicted molar refractivity (Wildman–Crippen MR) is 57.3 cm³/mol. The fraction of sp³-hybridized carbons (Fsp3) is 0.333. The molecule has 3 nitrogen and oxygen atoms in total. The first kappa shape index (κ1) is 9.72. The number of rotatable bonds is 1. The van der Waals surface area contributed by atoms with Crippen LogP contribution in [0.3, 0.4) is 0 Å². The predicted octanol–water partition coefficient (Wildman–Crippen LogP) is 1.87. The lowest BCUT2D eigenvalue weighted by Crippen LogP contribution is -2.25. The molecular weight excluding hydrogens is 188 g/mol. The summed E-state index contributed by atoms with van der Waals surface area (Å²) in [6, 6.07) is 9.91. The summed E-state index contributed by atoms with van der Waals surface area (Å²) in [5.74, 6) is -0.104. The Balaban J connectivity index is 2.30. The molecular formula is C12H12N2O. The van der Waals surface area contributed by atoms with Crippen molar-refractivity contribution in [3.8, 4) is 6.07 Å². The fourth-order valence-electron chi connectivity index (χ4n) is 1.89.